The minimum absolute atomic E-state index is 0.168. The molecule has 2 aromatic rings. The largest absolute Gasteiger partial charge is 0.370 e. The molecule has 0 heterocycles. The molecule has 0 fully saturated rings. The molecule has 0 aliphatic rings. The van der Waals surface area contributed by atoms with E-state index in [0.717, 1.165) is 10.9 Å². The Balaban J connectivity index is 2.35. The quantitative estimate of drug-likeness (QED) is 0.788. The summed E-state index contributed by atoms with van der Waals surface area (Å²) in [5.74, 6) is 0.168. The van der Waals surface area contributed by atoms with E-state index in [2.05, 4.69) is 18.2 Å². The molecular formula is C18H22O2. The van der Waals surface area contributed by atoms with Crippen LogP contribution in [0.3, 0.4) is 0 Å². The summed E-state index contributed by atoms with van der Waals surface area (Å²) in [6.07, 6.45) is 1.85. The SMILES string of the molecule is CCC(CC)(OC)C(=O)Cc1cccc2ccccc12. The third-order valence-corrected chi connectivity index (χ3v) is 4.27. The first kappa shape index (κ1) is 14.7. The van der Waals surface area contributed by atoms with Crippen LogP contribution in [0.25, 0.3) is 10.8 Å². The van der Waals surface area contributed by atoms with Crippen LogP contribution in [0.1, 0.15) is 32.3 Å². The maximum Gasteiger partial charge on any atom is 0.168 e. The molecule has 106 valence electrons. The Labute approximate surface area is 120 Å². The first-order valence-electron chi connectivity index (χ1n) is 7.22. The highest BCUT2D eigenvalue weighted by molar-refractivity contribution is 5.94. The highest BCUT2D eigenvalue weighted by Crippen LogP contribution is 2.25. The number of Topliss-reactive ketones (excluding diaryl/α,β-unsaturated/α-hetero) is 1. The first-order valence-corrected chi connectivity index (χ1v) is 7.22. The molecule has 0 atom stereocenters. The van der Waals surface area contributed by atoms with Crippen LogP contribution in [0.5, 0.6) is 0 Å². The lowest BCUT2D eigenvalue weighted by molar-refractivity contribution is -0.141. The molecule has 0 aliphatic carbocycles. The van der Waals surface area contributed by atoms with Gasteiger partial charge in [-0.3, -0.25) is 4.79 Å². The van der Waals surface area contributed by atoms with Crippen molar-refractivity contribution >= 4 is 16.6 Å². The Morgan fingerprint density at radius 3 is 2.35 bits per heavy atom. The van der Waals surface area contributed by atoms with Gasteiger partial charge in [0.2, 0.25) is 0 Å². The predicted molar refractivity (Wildman–Crippen MR) is 83.0 cm³/mol. The van der Waals surface area contributed by atoms with Crippen LogP contribution >= 0.6 is 0 Å². The number of carbonyl (C=O) groups is 1. The van der Waals surface area contributed by atoms with Gasteiger partial charge in [-0.2, -0.15) is 0 Å². The summed E-state index contributed by atoms with van der Waals surface area (Å²) in [7, 11) is 1.63. The van der Waals surface area contributed by atoms with Gasteiger partial charge in [-0.25, -0.2) is 0 Å². The molecular weight excluding hydrogens is 248 g/mol. The van der Waals surface area contributed by atoms with Crippen LogP contribution in [-0.4, -0.2) is 18.5 Å². The van der Waals surface area contributed by atoms with Crippen LogP contribution < -0.4 is 0 Å². The normalized spacial score (nSPS) is 11.8. The second kappa shape index (κ2) is 6.19. The summed E-state index contributed by atoms with van der Waals surface area (Å²) in [4.78, 5) is 12.6. The molecule has 0 aromatic heterocycles. The number of hydrogen-bond donors (Lipinski definition) is 0. The molecule has 2 heteroatoms. The van der Waals surface area contributed by atoms with Gasteiger partial charge in [-0.15, -0.1) is 0 Å². The Hall–Kier alpha value is -1.67. The van der Waals surface area contributed by atoms with Gasteiger partial charge < -0.3 is 4.74 Å². The topological polar surface area (TPSA) is 26.3 Å². The molecule has 0 radical (unpaired) electrons. The average Bonchev–Trinajstić information content (AvgIpc) is 2.50. The maximum absolute atomic E-state index is 12.6. The number of ether oxygens (including phenoxy) is 1. The van der Waals surface area contributed by atoms with Crippen LogP contribution in [0, 0.1) is 0 Å². The van der Waals surface area contributed by atoms with Crippen molar-refractivity contribution in [2.24, 2.45) is 0 Å². The summed E-state index contributed by atoms with van der Waals surface area (Å²) in [6, 6.07) is 14.3. The third-order valence-electron chi connectivity index (χ3n) is 4.27. The van der Waals surface area contributed by atoms with E-state index in [1.165, 1.54) is 5.39 Å². The second-order valence-corrected chi connectivity index (χ2v) is 5.14. The summed E-state index contributed by atoms with van der Waals surface area (Å²) < 4.78 is 5.53. The van der Waals surface area contributed by atoms with E-state index >= 15 is 0 Å². The van der Waals surface area contributed by atoms with E-state index in [4.69, 9.17) is 4.74 Å². The van der Waals surface area contributed by atoms with Crippen molar-refractivity contribution in [3.8, 4) is 0 Å². The van der Waals surface area contributed by atoms with Gasteiger partial charge in [0.05, 0.1) is 0 Å². The van der Waals surface area contributed by atoms with Crippen LogP contribution in [0.2, 0.25) is 0 Å². The Morgan fingerprint density at radius 2 is 1.70 bits per heavy atom. The van der Waals surface area contributed by atoms with Gasteiger partial charge in [0, 0.05) is 13.5 Å². The molecule has 2 aromatic carbocycles. The smallest absolute Gasteiger partial charge is 0.168 e. The summed E-state index contributed by atoms with van der Waals surface area (Å²) >= 11 is 0. The number of benzene rings is 2. The van der Waals surface area contributed by atoms with E-state index in [-0.39, 0.29) is 5.78 Å². The molecule has 0 spiro atoms. The molecule has 0 unspecified atom stereocenters. The van der Waals surface area contributed by atoms with Gasteiger partial charge >= 0.3 is 0 Å². The number of methoxy groups -OCH3 is 1. The minimum Gasteiger partial charge on any atom is -0.370 e. The van der Waals surface area contributed by atoms with Crippen molar-refractivity contribution in [2.75, 3.05) is 7.11 Å². The molecule has 0 bridgehead atoms. The zero-order valence-corrected chi connectivity index (χ0v) is 12.5. The van der Waals surface area contributed by atoms with Crippen LogP contribution in [0.15, 0.2) is 42.5 Å². The van der Waals surface area contributed by atoms with Gasteiger partial charge in [-0.05, 0) is 29.2 Å². The van der Waals surface area contributed by atoms with E-state index in [1.807, 2.05) is 38.1 Å². The third kappa shape index (κ3) is 2.61. The van der Waals surface area contributed by atoms with E-state index in [9.17, 15) is 4.79 Å². The molecule has 2 nitrogen and oxygen atoms in total. The van der Waals surface area contributed by atoms with Crippen molar-refractivity contribution in [1.82, 2.24) is 0 Å². The fourth-order valence-corrected chi connectivity index (χ4v) is 2.83. The first-order chi connectivity index (χ1) is 9.66. The summed E-state index contributed by atoms with van der Waals surface area (Å²) in [5, 5.41) is 2.33. The summed E-state index contributed by atoms with van der Waals surface area (Å²) in [5.41, 5.74) is 0.438. The highest BCUT2D eigenvalue weighted by atomic mass is 16.5. The van der Waals surface area contributed by atoms with Crippen molar-refractivity contribution in [2.45, 2.75) is 38.7 Å². The fraction of sp³-hybridized carbons (Fsp3) is 0.389. The number of fused-ring (bicyclic) bond motifs is 1. The Kier molecular flexibility index (Phi) is 4.56. The van der Waals surface area contributed by atoms with Crippen molar-refractivity contribution in [3.63, 3.8) is 0 Å². The minimum atomic E-state index is -0.642. The lowest BCUT2D eigenvalue weighted by atomic mass is 9.87. The second-order valence-electron chi connectivity index (χ2n) is 5.14. The van der Waals surface area contributed by atoms with Crippen molar-refractivity contribution in [3.05, 3.63) is 48.0 Å². The van der Waals surface area contributed by atoms with E-state index in [0.29, 0.717) is 19.3 Å². The number of rotatable bonds is 6. The van der Waals surface area contributed by atoms with Crippen molar-refractivity contribution in [1.29, 1.82) is 0 Å². The van der Waals surface area contributed by atoms with Crippen LogP contribution in [-0.2, 0) is 16.0 Å². The predicted octanol–water partition coefficient (Wildman–Crippen LogP) is 4.16. The maximum atomic E-state index is 12.6. The Morgan fingerprint density at radius 1 is 1.05 bits per heavy atom. The van der Waals surface area contributed by atoms with Crippen LogP contribution in [0.4, 0.5) is 0 Å². The lowest BCUT2D eigenvalue weighted by Gasteiger charge is -2.28. The van der Waals surface area contributed by atoms with Gasteiger partial charge in [0.25, 0.3) is 0 Å². The highest BCUT2D eigenvalue weighted by Gasteiger charge is 2.34. The van der Waals surface area contributed by atoms with Crippen molar-refractivity contribution < 1.29 is 9.53 Å². The zero-order valence-electron chi connectivity index (χ0n) is 12.5. The summed E-state index contributed by atoms with van der Waals surface area (Å²) in [6.45, 7) is 4.02. The molecule has 0 saturated heterocycles. The zero-order chi connectivity index (χ0) is 14.6. The van der Waals surface area contributed by atoms with Gasteiger partial charge in [0.1, 0.15) is 5.60 Å². The monoisotopic (exact) mass is 270 g/mol. The van der Waals surface area contributed by atoms with Gasteiger partial charge in [0.15, 0.2) is 5.78 Å². The average molecular weight is 270 g/mol. The molecule has 0 aliphatic heterocycles. The molecule has 0 N–H and O–H groups in total. The Bertz CT molecular complexity index is 584. The number of hydrogen-bond acceptors (Lipinski definition) is 2. The lowest BCUT2D eigenvalue weighted by Crippen LogP contribution is -2.40. The standard InChI is InChI=1S/C18H22O2/c1-4-18(5-2,20-3)17(19)13-15-11-8-10-14-9-6-7-12-16(14)15/h6-12H,4-5,13H2,1-3H3. The molecule has 0 amide bonds. The molecule has 2 rings (SSSR count). The molecule has 0 saturated carbocycles. The number of ketones is 1. The van der Waals surface area contributed by atoms with Gasteiger partial charge in [-0.1, -0.05) is 56.3 Å². The fourth-order valence-electron chi connectivity index (χ4n) is 2.83. The number of carbonyl (C=O) groups excluding carboxylic acids is 1. The van der Waals surface area contributed by atoms with E-state index in [1.54, 1.807) is 7.11 Å². The molecule has 20 heavy (non-hydrogen) atoms. The van der Waals surface area contributed by atoms with E-state index < -0.39 is 5.60 Å².